The van der Waals surface area contributed by atoms with E-state index in [0.29, 0.717) is 45.8 Å². The number of anilines is 1. The first kappa shape index (κ1) is 19.8. The molecule has 0 bridgehead atoms. The Kier molecular flexibility index (Phi) is 5.06. The topological polar surface area (TPSA) is 112 Å². The molecule has 0 aliphatic carbocycles. The minimum atomic E-state index is -0.466. The zero-order valence-corrected chi connectivity index (χ0v) is 17.3. The Balaban J connectivity index is 1.54. The van der Waals surface area contributed by atoms with Crippen molar-refractivity contribution in [2.75, 3.05) is 5.32 Å². The molecule has 5 aromatic rings. The fraction of sp³-hybridized carbons (Fsp3) is 0.174. The van der Waals surface area contributed by atoms with Crippen molar-refractivity contribution in [2.24, 2.45) is 0 Å². The normalized spacial score (nSPS) is 11.3. The van der Waals surface area contributed by atoms with E-state index in [1.54, 1.807) is 24.7 Å². The van der Waals surface area contributed by atoms with Crippen LogP contribution >= 0.6 is 0 Å². The van der Waals surface area contributed by atoms with Crippen LogP contribution < -0.4 is 5.32 Å². The van der Waals surface area contributed by atoms with Gasteiger partial charge in [0.25, 0.3) is 0 Å². The third kappa shape index (κ3) is 3.68. The number of imidazole rings is 1. The van der Waals surface area contributed by atoms with Crippen molar-refractivity contribution in [3.63, 3.8) is 0 Å². The van der Waals surface area contributed by atoms with Gasteiger partial charge in [-0.3, -0.25) is 14.9 Å². The van der Waals surface area contributed by atoms with E-state index >= 15 is 0 Å². The standard InChI is InChI=1S/C23H20FN7O/c1-2-3-6-19(32)27-15-8-14(11-25-12-15)13-9-16-20(17(24)10-13)30-31-21(16)23-28-18-5-4-7-26-22(18)29-23/h4-5,7-12H,2-3,6H2,1H3,(H,27,32)(H,30,31)(H,26,28,29). The van der Waals surface area contributed by atoms with E-state index in [-0.39, 0.29) is 11.4 Å². The van der Waals surface area contributed by atoms with Gasteiger partial charge in [0.05, 0.1) is 17.4 Å². The van der Waals surface area contributed by atoms with E-state index in [1.807, 2.05) is 25.1 Å². The number of H-pyrrole nitrogens is 2. The predicted octanol–water partition coefficient (Wildman–Crippen LogP) is 4.83. The van der Waals surface area contributed by atoms with Gasteiger partial charge in [-0.15, -0.1) is 0 Å². The van der Waals surface area contributed by atoms with E-state index in [0.717, 1.165) is 18.4 Å². The van der Waals surface area contributed by atoms with E-state index in [4.69, 9.17) is 0 Å². The first-order valence-corrected chi connectivity index (χ1v) is 10.4. The molecule has 1 aromatic carbocycles. The minimum absolute atomic E-state index is 0.0666. The summed E-state index contributed by atoms with van der Waals surface area (Å²) >= 11 is 0. The van der Waals surface area contributed by atoms with Gasteiger partial charge in [-0.1, -0.05) is 13.3 Å². The largest absolute Gasteiger partial charge is 0.335 e. The zero-order chi connectivity index (χ0) is 22.1. The van der Waals surface area contributed by atoms with E-state index in [2.05, 4.69) is 35.5 Å². The maximum atomic E-state index is 14.9. The summed E-state index contributed by atoms with van der Waals surface area (Å²) in [6.07, 6.45) is 7.09. The van der Waals surface area contributed by atoms with Crippen molar-refractivity contribution in [3.8, 4) is 22.6 Å². The molecule has 4 aromatic heterocycles. The van der Waals surface area contributed by atoms with Crippen LogP contribution in [0.3, 0.4) is 0 Å². The molecule has 160 valence electrons. The molecule has 0 unspecified atom stereocenters. The molecule has 0 atom stereocenters. The van der Waals surface area contributed by atoms with Gasteiger partial charge in [0.2, 0.25) is 5.91 Å². The van der Waals surface area contributed by atoms with Crippen molar-refractivity contribution in [3.05, 3.63) is 54.7 Å². The van der Waals surface area contributed by atoms with Crippen molar-refractivity contribution >= 4 is 33.7 Å². The summed E-state index contributed by atoms with van der Waals surface area (Å²) in [6.45, 7) is 2.03. The van der Waals surface area contributed by atoms with Crippen LogP contribution in [0.4, 0.5) is 10.1 Å². The summed E-state index contributed by atoms with van der Waals surface area (Å²) in [5.74, 6) is -0.0116. The molecule has 0 spiro atoms. The molecule has 5 rings (SSSR count). The van der Waals surface area contributed by atoms with E-state index in [1.165, 1.54) is 6.07 Å². The molecule has 0 saturated carbocycles. The van der Waals surface area contributed by atoms with Crippen LogP contribution in [0.25, 0.3) is 44.7 Å². The number of benzene rings is 1. The Morgan fingerprint density at radius 2 is 2.09 bits per heavy atom. The summed E-state index contributed by atoms with van der Waals surface area (Å²) in [6, 6.07) is 8.70. The fourth-order valence-electron chi connectivity index (χ4n) is 3.61. The molecule has 9 heteroatoms. The molecular formula is C23H20FN7O. The molecule has 1 amide bonds. The third-order valence-corrected chi connectivity index (χ3v) is 5.22. The Hall–Kier alpha value is -4.14. The summed E-state index contributed by atoms with van der Waals surface area (Å²) in [7, 11) is 0. The molecule has 32 heavy (non-hydrogen) atoms. The van der Waals surface area contributed by atoms with Crippen molar-refractivity contribution < 1.29 is 9.18 Å². The van der Waals surface area contributed by atoms with Gasteiger partial charge < -0.3 is 10.3 Å². The predicted molar refractivity (Wildman–Crippen MR) is 120 cm³/mol. The summed E-state index contributed by atoms with van der Waals surface area (Å²) < 4.78 is 14.9. The number of amides is 1. The Bertz CT molecular complexity index is 1410. The van der Waals surface area contributed by atoms with Gasteiger partial charge in [-0.05, 0) is 42.3 Å². The number of rotatable bonds is 6. The second kappa shape index (κ2) is 8.18. The SMILES string of the molecule is CCCCC(=O)Nc1cncc(-c2cc(F)c3n[nH]c(-c4nc5ncccc5[nH]4)c3c2)c1. The molecule has 8 nitrogen and oxygen atoms in total. The lowest BCUT2D eigenvalue weighted by atomic mass is 10.0. The lowest BCUT2D eigenvalue weighted by Crippen LogP contribution is -2.11. The van der Waals surface area contributed by atoms with E-state index < -0.39 is 5.82 Å². The summed E-state index contributed by atoms with van der Waals surface area (Å²) in [5, 5.41) is 10.4. The first-order chi connectivity index (χ1) is 15.6. The third-order valence-electron chi connectivity index (χ3n) is 5.22. The highest BCUT2D eigenvalue weighted by Gasteiger charge is 2.17. The number of hydrogen-bond acceptors (Lipinski definition) is 5. The lowest BCUT2D eigenvalue weighted by molar-refractivity contribution is -0.116. The van der Waals surface area contributed by atoms with Crippen LogP contribution in [0.5, 0.6) is 0 Å². The maximum Gasteiger partial charge on any atom is 0.224 e. The number of aromatic nitrogens is 6. The van der Waals surface area contributed by atoms with Crippen LogP contribution in [0.1, 0.15) is 26.2 Å². The Labute approximate surface area is 182 Å². The Morgan fingerprint density at radius 1 is 1.19 bits per heavy atom. The molecule has 0 fully saturated rings. The van der Waals surface area contributed by atoms with Crippen LogP contribution in [-0.4, -0.2) is 36.0 Å². The molecule has 0 aliphatic heterocycles. The first-order valence-electron chi connectivity index (χ1n) is 10.4. The second-order valence-electron chi connectivity index (χ2n) is 7.53. The highest BCUT2D eigenvalue weighted by molar-refractivity contribution is 5.96. The molecular weight excluding hydrogens is 409 g/mol. The number of carbonyl (C=O) groups is 1. The van der Waals surface area contributed by atoms with Gasteiger partial charge >= 0.3 is 0 Å². The van der Waals surface area contributed by atoms with Crippen molar-refractivity contribution in [2.45, 2.75) is 26.2 Å². The Morgan fingerprint density at radius 3 is 2.94 bits per heavy atom. The molecule has 0 aliphatic rings. The number of nitrogens with zero attached hydrogens (tertiary/aromatic N) is 4. The average molecular weight is 429 g/mol. The van der Waals surface area contributed by atoms with Gasteiger partial charge in [0.1, 0.15) is 11.2 Å². The highest BCUT2D eigenvalue weighted by atomic mass is 19.1. The quantitative estimate of drug-likeness (QED) is 0.358. The zero-order valence-electron chi connectivity index (χ0n) is 17.3. The minimum Gasteiger partial charge on any atom is -0.335 e. The van der Waals surface area contributed by atoms with Crippen molar-refractivity contribution in [1.82, 2.24) is 30.1 Å². The van der Waals surface area contributed by atoms with Gasteiger partial charge in [0.15, 0.2) is 17.3 Å². The number of nitrogens with one attached hydrogen (secondary N) is 3. The van der Waals surface area contributed by atoms with Gasteiger partial charge in [-0.25, -0.2) is 14.4 Å². The molecule has 0 radical (unpaired) electrons. The number of carbonyl (C=O) groups excluding carboxylic acids is 1. The van der Waals surface area contributed by atoms with Crippen LogP contribution in [-0.2, 0) is 4.79 Å². The highest BCUT2D eigenvalue weighted by Crippen LogP contribution is 2.32. The molecule has 0 saturated heterocycles. The molecule has 3 N–H and O–H groups in total. The monoisotopic (exact) mass is 429 g/mol. The van der Waals surface area contributed by atoms with E-state index in [9.17, 15) is 9.18 Å². The summed E-state index contributed by atoms with van der Waals surface area (Å²) in [5.41, 5.74) is 3.99. The van der Waals surface area contributed by atoms with Crippen molar-refractivity contribution in [1.29, 1.82) is 0 Å². The number of aromatic amines is 2. The average Bonchev–Trinajstić information content (AvgIpc) is 3.42. The number of pyridine rings is 2. The maximum absolute atomic E-state index is 14.9. The van der Waals surface area contributed by atoms with Crippen LogP contribution in [0.15, 0.2) is 48.9 Å². The van der Waals surface area contributed by atoms with Gasteiger partial charge in [-0.2, -0.15) is 5.10 Å². The molecule has 4 heterocycles. The number of unbranched alkanes of at least 4 members (excludes halogenated alkanes) is 1. The summed E-state index contributed by atoms with van der Waals surface area (Å²) in [4.78, 5) is 28.2. The lowest BCUT2D eigenvalue weighted by Gasteiger charge is -2.08. The number of fused-ring (bicyclic) bond motifs is 2. The second-order valence-corrected chi connectivity index (χ2v) is 7.53. The van der Waals surface area contributed by atoms with Crippen LogP contribution in [0.2, 0.25) is 0 Å². The van der Waals surface area contributed by atoms with Crippen LogP contribution in [0, 0.1) is 5.82 Å². The number of halogens is 1. The fourth-order valence-corrected chi connectivity index (χ4v) is 3.61. The smallest absolute Gasteiger partial charge is 0.224 e. The number of hydrogen-bond donors (Lipinski definition) is 3. The van der Waals surface area contributed by atoms with Gasteiger partial charge in [0, 0.05) is 29.8 Å².